The van der Waals surface area contributed by atoms with E-state index in [0.29, 0.717) is 6.04 Å². The third kappa shape index (κ3) is 3.42. The zero-order valence-electron chi connectivity index (χ0n) is 13.3. The summed E-state index contributed by atoms with van der Waals surface area (Å²) in [5.74, 6) is 0.913. The van der Waals surface area contributed by atoms with E-state index in [1.165, 1.54) is 24.1 Å². The van der Waals surface area contributed by atoms with Crippen molar-refractivity contribution in [2.45, 2.75) is 32.4 Å². The Hall–Kier alpha value is -2.01. The fraction of sp³-hybridized carbons (Fsp3) is 0.471. The number of aryl methyl sites for hydroxylation is 1. The third-order valence-corrected chi connectivity index (χ3v) is 4.45. The van der Waals surface area contributed by atoms with Gasteiger partial charge in [0.25, 0.3) is 0 Å². The maximum Gasteiger partial charge on any atom is 0.119 e. The van der Waals surface area contributed by atoms with Gasteiger partial charge in [-0.2, -0.15) is 5.10 Å². The molecule has 3 rings (SSSR count). The van der Waals surface area contributed by atoms with Crippen molar-refractivity contribution in [3.8, 4) is 5.75 Å². The number of aromatic amines is 1. The Bertz CT molecular complexity index is 585. The second kappa shape index (κ2) is 6.83. The van der Waals surface area contributed by atoms with E-state index in [0.717, 1.165) is 31.1 Å². The standard InChI is InChI=1S/C17H24N4O/c1-13-14(12-19-20-13)11-18-15-7-9-21(10-8-15)16-3-5-17(22-2)6-4-16/h3-6,12,15,18H,7-11H2,1-2H3,(H,19,20). The van der Waals surface area contributed by atoms with Gasteiger partial charge in [0.2, 0.25) is 0 Å². The van der Waals surface area contributed by atoms with Crippen molar-refractivity contribution in [1.82, 2.24) is 15.5 Å². The Morgan fingerprint density at radius 3 is 2.59 bits per heavy atom. The van der Waals surface area contributed by atoms with E-state index in [-0.39, 0.29) is 0 Å². The molecule has 0 bridgehead atoms. The lowest BCUT2D eigenvalue weighted by Crippen LogP contribution is -2.42. The van der Waals surface area contributed by atoms with Crippen molar-refractivity contribution in [3.05, 3.63) is 41.7 Å². The van der Waals surface area contributed by atoms with E-state index in [4.69, 9.17) is 4.74 Å². The van der Waals surface area contributed by atoms with E-state index < -0.39 is 0 Å². The number of methoxy groups -OCH3 is 1. The lowest BCUT2D eigenvalue weighted by Gasteiger charge is -2.34. The first-order chi connectivity index (χ1) is 10.8. The molecule has 2 aromatic rings. The molecule has 5 nitrogen and oxygen atoms in total. The Balaban J connectivity index is 1.48. The molecule has 1 fully saturated rings. The average molecular weight is 300 g/mol. The zero-order chi connectivity index (χ0) is 15.4. The van der Waals surface area contributed by atoms with E-state index in [2.05, 4.69) is 39.5 Å². The number of nitrogens with zero attached hydrogens (tertiary/aromatic N) is 2. The van der Waals surface area contributed by atoms with Crippen LogP contribution in [0.15, 0.2) is 30.5 Å². The van der Waals surface area contributed by atoms with Crippen molar-refractivity contribution in [2.75, 3.05) is 25.1 Å². The summed E-state index contributed by atoms with van der Waals surface area (Å²) in [6, 6.07) is 8.93. The normalized spacial score (nSPS) is 16.0. The second-order valence-corrected chi connectivity index (χ2v) is 5.86. The molecular weight excluding hydrogens is 276 g/mol. The zero-order valence-corrected chi connectivity index (χ0v) is 13.3. The molecule has 22 heavy (non-hydrogen) atoms. The summed E-state index contributed by atoms with van der Waals surface area (Å²) in [4.78, 5) is 2.45. The predicted octanol–water partition coefficient (Wildman–Crippen LogP) is 2.49. The quantitative estimate of drug-likeness (QED) is 0.891. The van der Waals surface area contributed by atoms with Crippen LogP contribution in [0.1, 0.15) is 24.1 Å². The lowest BCUT2D eigenvalue weighted by atomic mass is 10.0. The van der Waals surface area contributed by atoms with Crippen LogP contribution in [0, 0.1) is 6.92 Å². The molecule has 2 heterocycles. The Kier molecular flexibility index (Phi) is 4.63. The number of benzene rings is 1. The molecule has 0 aliphatic carbocycles. The summed E-state index contributed by atoms with van der Waals surface area (Å²) in [5, 5.41) is 10.7. The van der Waals surface area contributed by atoms with Crippen molar-refractivity contribution in [3.63, 3.8) is 0 Å². The van der Waals surface area contributed by atoms with Gasteiger partial charge in [0.15, 0.2) is 0 Å². The SMILES string of the molecule is COc1ccc(N2CCC(NCc3cn[nH]c3C)CC2)cc1. The van der Waals surface area contributed by atoms with E-state index in [1.807, 2.05) is 18.3 Å². The number of H-pyrrole nitrogens is 1. The fourth-order valence-corrected chi connectivity index (χ4v) is 2.94. The number of ether oxygens (including phenoxy) is 1. The summed E-state index contributed by atoms with van der Waals surface area (Å²) in [6.07, 6.45) is 4.25. The number of hydrogen-bond donors (Lipinski definition) is 2. The molecule has 1 saturated heterocycles. The third-order valence-electron chi connectivity index (χ3n) is 4.45. The number of rotatable bonds is 5. The average Bonchev–Trinajstić information content (AvgIpc) is 2.99. The molecule has 0 spiro atoms. The first-order valence-electron chi connectivity index (χ1n) is 7.87. The van der Waals surface area contributed by atoms with Crippen LogP contribution >= 0.6 is 0 Å². The van der Waals surface area contributed by atoms with E-state index in [9.17, 15) is 0 Å². The number of piperidine rings is 1. The molecule has 1 aliphatic heterocycles. The number of aromatic nitrogens is 2. The minimum atomic E-state index is 0.587. The van der Waals surface area contributed by atoms with Crippen molar-refractivity contribution in [1.29, 1.82) is 0 Å². The van der Waals surface area contributed by atoms with Crippen LogP contribution in [0.25, 0.3) is 0 Å². The molecular formula is C17H24N4O. The molecule has 5 heteroatoms. The highest BCUT2D eigenvalue weighted by Gasteiger charge is 2.19. The maximum atomic E-state index is 5.21. The van der Waals surface area contributed by atoms with Gasteiger partial charge in [-0.25, -0.2) is 0 Å². The highest BCUT2D eigenvalue weighted by molar-refractivity contribution is 5.49. The van der Waals surface area contributed by atoms with Gasteiger partial charge >= 0.3 is 0 Å². The monoisotopic (exact) mass is 300 g/mol. The van der Waals surface area contributed by atoms with E-state index >= 15 is 0 Å². The minimum absolute atomic E-state index is 0.587. The summed E-state index contributed by atoms with van der Waals surface area (Å²) in [6.45, 7) is 5.15. The highest BCUT2D eigenvalue weighted by Crippen LogP contribution is 2.23. The van der Waals surface area contributed by atoms with Crippen LogP contribution < -0.4 is 15.0 Å². The van der Waals surface area contributed by atoms with Crippen molar-refractivity contribution < 1.29 is 4.74 Å². The van der Waals surface area contributed by atoms with Gasteiger partial charge < -0.3 is 15.0 Å². The molecule has 0 radical (unpaired) electrons. The van der Waals surface area contributed by atoms with Gasteiger partial charge in [0.05, 0.1) is 13.3 Å². The molecule has 1 aliphatic rings. The minimum Gasteiger partial charge on any atom is -0.497 e. The fourth-order valence-electron chi connectivity index (χ4n) is 2.94. The molecule has 0 atom stereocenters. The highest BCUT2D eigenvalue weighted by atomic mass is 16.5. The molecule has 0 unspecified atom stereocenters. The van der Waals surface area contributed by atoms with Crippen molar-refractivity contribution >= 4 is 5.69 Å². The van der Waals surface area contributed by atoms with Crippen LogP contribution in [0.5, 0.6) is 5.75 Å². The van der Waals surface area contributed by atoms with Crippen LogP contribution in [0.3, 0.4) is 0 Å². The molecule has 2 N–H and O–H groups in total. The van der Waals surface area contributed by atoms with Gasteiger partial charge in [-0.15, -0.1) is 0 Å². The topological polar surface area (TPSA) is 53.2 Å². The Labute approximate surface area is 131 Å². The largest absolute Gasteiger partial charge is 0.497 e. The molecule has 1 aromatic carbocycles. The summed E-state index contributed by atoms with van der Waals surface area (Å²) >= 11 is 0. The lowest BCUT2D eigenvalue weighted by molar-refractivity contribution is 0.411. The first kappa shape index (κ1) is 14.9. The summed E-state index contributed by atoms with van der Waals surface area (Å²) in [5.41, 5.74) is 3.70. The molecule has 0 saturated carbocycles. The van der Waals surface area contributed by atoms with Crippen LogP contribution in [-0.2, 0) is 6.54 Å². The van der Waals surface area contributed by atoms with Crippen LogP contribution in [-0.4, -0.2) is 36.4 Å². The van der Waals surface area contributed by atoms with Gasteiger partial charge in [0, 0.05) is 42.6 Å². The van der Waals surface area contributed by atoms with Crippen LogP contribution in [0.2, 0.25) is 0 Å². The molecule has 0 amide bonds. The second-order valence-electron chi connectivity index (χ2n) is 5.86. The Morgan fingerprint density at radius 1 is 1.27 bits per heavy atom. The van der Waals surface area contributed by atoms with Crippen LogP contribution in [0.4, 0.5) is 5.69 Å². The van der Waals surface area contributed by atoms with Crippen molar-refractivity contribution in [2.24, 2.45) is 0 Å². The van der Waals surface area contributed by atoms with Gasteiger partial charge in [0.1, 0.15) is 5.75 Å². The summed E-state index contributed by atoms with van der Waals surface area (Å²) in [7, 11) is 1.70. The number of anilines is 1. The maximum absolute atomic E-state index is 5.21. The molecule has 1 aromatic heterocycles. The van der Waals surface area contributed by atoms with E-state index in [1.54, 1.807) is 7.11 Å². The first-order valence-corrected chi connectivity index (χ1v) is 7.87. The van der Waals surface area contributed by atoms with Gasteiger partial charge in [-0.1, -0.05) is 0 Å². The number of nitrogens with one attached hydrogen (secondary N) is 2. The van der Waals surface area contributed by atoms with Gasteiger partial charge in [-0.05, 0) is 44.0 Å². The molecule has 118 valence electrons. The van der Waals surface area contributed by atoms with Gasteiger partial charge in [-0.3, -0.25) is 5.10 Å². The predicted molar refractivity (Wildman–Crippen MR) is 88.4 cm³/mol. The Morgan fingerprint density at radius 2 is 2.00 bits per heavy atom. The summed E-state index contributed by atoms with van der Waals surface area (Å²) < 4.78 is 5.21. The smallest absolute Gasteiger partial charge is 0.119 e. The number of hydrogen-bond acceptors (Lipinski definition) is 4.